The molecule has 1 heterocycles. The number of fused-ring (bicyclic) bond motifs is 1. The standard InChI is InChI=1S/C30H36N2O2/c1-4-5-14-25(27-20-26-15-6-7-17-28(26)29(21-27)34-3)16-9-18-30(33)32-23(2)11-8-12-24-13-10-19-31-22-24/h6-7,9-10,13,15-23H,4-5,8,11-12,14H2,1-3H3,(H,32,33)/b18-9+,25-16+/t23-/m1/s1. The molecule has 1 atom stereocenters. The summed E-state index contributed by atoms with van der Waals surface area (Å²) >= 11 is 0. The largest absolute Gasteiger partial charge is 0.496 e. The molecule has 0 saturated heterocycles. The van der Waals surface area contributed by atoms with Crippen molar-refractivity contribution in [3.05, 3.63) is 90.3 Å². The second-order valence-corrected chi connectivity index (χ2v) is 8.72. The Bertz CT molecular complexity index is 1120. The van der Waals surface area contributed by atoms with E-state index in [0.29, 0.717) is 0 Å². The molecule has 0 aliphatic rings. The van der Waals surface area contributed by atoms with Gasteiger partial charge < -0.3 is 10.1 Å². The number of rotatable bonds is 12. The molecule has 0 saturated carbocycles. The number of hydrogen-bond donors (Lipinski definition) is 1. The summed E-state index contributed by atoms with van der Waals surface area (Å²) in [5.74, 6) is 0.813. The first-order valence-corrected chi connectivity index (χ1v) is 12.2. The van der Waals surface area contributed by atoms with Crippen LogP contribution in [0.3, 0.4) is 0 Å². The average molecular weight is 457 g/mol. The number of amides is 1. The van der Waals surface area contributed by atoms with Gasteiger partial charge >= 0.3 is 0 Å². The van der Waals surface area contributed by atoms with Crippen LogP contribution in [0.15, 0.2) is 79.2 Å². The van der Waals surface area contributed by atoms with Crippen molar-refractivity contribution in [1.29, 1.82) is 0 Å². The Morgan fingerprint density at radius 2 is 2.00 bits per heavy atom. The van der Waals surface area contributed by atoms with Gasteiger partial charge in [-0.3, -0.25) is 9.78 Å². The molecule has 0 aliphatic heterocycles. The number of ether oxygens (including phenoxy) is 1. The second-order valence-electron chi connectivity index (χ2n) is 8.72. The lowest BCUT2D eigenvalue weighted by Crippen LogP contribution is -2.31. The van der Waals surface area contributed by atoms with Gasteiger partial charge in [-0.25, -0.2) is 0 Å². The van der Waals surface area contributed by atoms with Crippen LogP contribution >= 0.6 is 0 Å². The van der Waals surface area contributed by atoms with E-state index >= 15 is 0 Å². The van der Waals surface area contributed by atoms with Crippen molar-refractivity contribution in [3.8, 4) is 5.75 Å². The molecule has 34 heavy (non-hydrogen) atoms. The van der Waals surface area contributed by atoms with Crippen LogP contribution < -0.4 is 10.1 Å². The SMILES string of the molecule is CCCC/C(=C\C=C\C(=O)N[C@H](C)CCCc1cccnc1)c1cc(OC)c2ccccc2c1. The first-order valence-electron chi connectivity index (χ1n) is 12.2. The molecular formula is C30H36N2O2. The number of carbonyl (C=O) groups is 1. The first-order chi connectivity index (χ1) is 16.6. The second kappa shape index (κ2) is 13.3. The smallest absolute Gasteiger partial charge is 0.244 e. The summed E-state index contributed by atoms with van der Waals surface area (Å²) in [7, 11) is 1.71. The highest BCUT2D eigenvalue weighted by Crippen LogP contribution is 2.32. The van der Waals surface area contributed by atoms with Gasteiger partial charge in [0.1, 0.15) is 5.75 Å². The zero-order valence-corrected chi connectivity index (χ0v) is 20.6. The van der Waals surface area contributed by atoms with Crippen molar-refractivity contribution in [2.75, 3.05) is 7.11 Å². The predicted octanol–water partition coefficient (Wildman–Crippen LogP) is 6.90. The summed E-state index contributed by atoms with van der Waals surface area (Å²) in [4.78, 5) is 16.6. The third-order valence-corrected chi connectivity index (χ3v) is 5.97. The Morgan fingerprint density at radius 3 is 2.76 bits per heavy atom. The van der Waals surface area contributed by atoms with Crippen molar-refractivity contribution in [1.82, 2.24) is 10.3 Å². The lowest BCUT2D eigenvalue weighted by atomic mass is 9.96. The number of unbranched alkanes of at least 4 members (excludes halogenated alkanes) is 1. The van der Waals surface area contributed by atoms with Crippen LogP contribution in [0.25, 0.3) is 16.3 Å². The molecule has 1 aromatic heterocycles. The molecule has 0 fully saturated rings. The number of nitrogens with zero attached hydrogens (tertiary/aromatic N) is 1. The van der Waals surface area contributed by atoms with E-state index in [9.17, 15) is 4.79 Å². The zero-order valence-electron chi connectivity index (χ0n) is 20.6. The van der Waals surface area contributed by atoms with Gasteiger partial charge in [0.25, 0.3) is 0 Å². The Hall–Kier alpha value is -3.40. The van der Waals surface area contributed by atoms with Gasteiger partial charge in [0.05, 0.1) is 7.11 Å². The van der Waals surface area contributed by atoms with Gasteiger partial charge in [0.15, 0.2) is 0 Å². The number of pyridine rings is 1. The third-order valence-electron chi connectivity index (χ3n) is 5.97. The number of nitrogens with one attached hydrogen (secondary N) is 1. The lowest BCUT2D eigenvalue weighted by Gasteiger charge is -2.13. The maximum absolute atomic E-state index is 12.4. The molecule has 3 aromatic rings. The monoisotopic (exact) mass is 456 g/mol. The average Bonchev–Trinajstić information content (AvgIpc) is 2.86. The van der Waals surface area contributed by atoms with Gasteiger partial charge in [-0.1, -0.05) is 55.8 Å². The normalized spacial score (nSPS) is 12.7. The molecule has 1 amide bonds. The van der Waals surface area contributed by atoms with Crippen LogP contribution in [-0.4, -0.2) is 24.0 Å². The molecule has 178 valence electrons. The van der Waals surface area contributed by atoms with Gasteiger partial charge in [-0.15, -0.1) is 0 Å². The highest BCUT2D eigenvalue weighted by atomic mass is 16.5. The van der Waals surface area contributed by atoms with Gasteiger partial charge in [-0.2, -0.15) is 0 Å². The van der Waals surface area contributed by atoms with Crippen molar-refractivity contribution in [2.24, 2.45) is 0 Å². The van der Waals surface area contributed by atoms with Gasteiger partial charge in [-0.05, 0) is 79.3 Å². The van der Waals surface area contributed by atoms with E-state index < -0.39 is 0 Å². The molecule has 1 N–H and O–H groups in total. The maximum Gasteiger partial charge on any atom is 0.244 e. The number of methoxy groups -OCH3 is 1. The molecular weight excluding hydrogens is 420 g/mol. The fraction of sp³-hybridized carbons (Fsp3) is 0.333. The minimum atomic E-state index is -0.0592. The summed E-state index contributed by atoms with van der Waals surface area (Å²) in [5, 5.41) is 5.34. The summed E-state index contributed by atoms with van der Waals surface area (Å²) < 4.78 is 5.66. The Balaban J connectivity index is 1.63. The van der Waals surface area contributed by atoms with E-state index in [1.165, 1.54) is 11.1 Å². The number of benzene rings is 2. The number of hydrogen-bond acceptors (Lipinski definition) is 3. The van der Waals surface area contributed by atoms with Crippen LogP contribution in [0, 0.1) is 0 Å². The number of carbonyl (C=O) groups excluding carboxylic acids is 1. The number of aryl methyl sites for hydroxylation is 1. The van der Waals surface area contributed by atoms with E-state index in [4.69, 9.17) is 4.74 Å². The highest BCUT2D eigenvalue weighted by molar-refractivity contribution is 5.92. The van der Waals surface area contributed by atoms with Crippen LogP contribution in [0.2, 0.25) is 0 Å². The van der Waals surface area contributed by atoms with E-state index in [1.807, 2.05) is 30.5 Å². The molecule has 4 nitrogen and oxygen atoms in total. The van der Waals surface area contributed by atoms with Crippen LogP contribution in [-0.2, 0) is 11.2 Å². The molecule has 2 aromatic carbocycles. The molecule has 0 unspecified atom stereocenters. The molecule has 0 bridgehead atoms. The lowest BCUT2D eigenvalue weighted by molar-refractivity contribution is -0.117. The molecule has 0 spiro atoms. The minimum Gasteiger partial charge on any atom is -0.496 e. The fourth-order valence-electron chi connectivity index (χ4n) is 4.09. The molecule has 4 heteroatoms. The van der Waals surface area contributed by atoms with Crippen molar-refractivity contribution in [3.63, 3.8) is 0 Å². The van der Waals surface area contributed by atoms with E-state index in [2.05, 4.69) is 60.6 Å². The van der Waals surface area contributed by atoms with Gasteiger partial charge in [0.2, 0.25) is 5.91 Å². The summed E-state index contributed by atoms with van der Waals surface area (Å²) in [6, 6.07) is 16.7. The quantitative estimate of drug-likeness (QED) is 0.238. The van der Waals surface area contributed by atoms with Gasteiger partial charge in [0, 0.05) is 29.9 Å². The minimum absolute atomic E-state index is 0.0592. The molecule has 0 radical (unpaired) electrons. The van der Waals surface area contributed by atoms with E-state index in [-0.39, 0.29) is 11.9 Å². The van der Waals surface area contributed by atoms with E-state index in [1.54, 1.807) is 19.4 Å². The van der Waals surface area contributed by atoms with Crippen molar-refractivity contribution in [2.45, 2.75) is 58.4 Å². The third kappa shape index (κ3) is 7.58. The van der Waals surface area contributed by atoms with Crippen LogP contribution in [0.4, 0.5) is 0 Å². The van der Waals surface area contributed by atoms with Crippen LogP contribution in [0.1, 0.15) is 57.1 Å². The number of aromatic nitrogens is 1. The topological polar surface area (TPSA) is 51.2 Å². The summed E-state index contributed by atoms with van der Waals surface area (Å²) in [6.07, 6.45) is 15.3. The van der Waals surface area contributed by atoms with Crippen molar-refractivity contribution >= 4 is 22.3 Å². The Morgan fingerprint density at radius 1 is 1.15 bits per heavy atom. The van der Waals surface area contributed by atoms with E-state index in [0.717, 1.165) is 60.6 Å². The van der Waals surface area contributed by atoms with Crippen LogP contribution in [0.5, 0.6) is 5.75 Å². The fourth-order valence-corrected chi connectivity index (χ4v) is 4.09. The molecule has 3 rings (SSSR count). The molecule has 0 aliphatic carbocycles. The Labute approximate surface area is 203 Å². The van der Waals surface area contributed by atoms with Crippen molar-refractivity contribution < 1.29 is 9.53 Å². The first kappa shape index (κ1) is 25.2. The zero-order chi connectivity index (χ0) is 24.2. The highest BCUT2D eigenvalue weighted by Gasteiger charge is 2.08. The Kier molecular flexibility index (Phi) is 9.90. The number of allylic oxidation sites excluding steroid dienone is 3. The summed E-state index contributed by atoms with van der Waals surface area (Å²) in [5.41, 5.74) is 3.58. The summed E-state index contributed by atoms with van der Waals surface area (Å²) in [6.45, 7) is 4.25. The maximum atomic E-state index is 12.4. The predicted molar refractivity (Wildman–Crippen MR) is 142 cm³/mol.